The van der Waals surface area contributed by atoms with Crippen LogP contribution in [0.3, 0.4) is 0 Å². The number of nitrogens with zero attached hydrogens (tertiary/aromatic N) is 5. The summed E-state index contributed by atoms with van der Waals surface area (Å²) in [6.45, 7) is 4.11. The number of aliphatic imine (C=N–C) groups is 1. The van der Waals surface area contributed by atoms with Crippen molar-refractivity contribution < 1.29 is 4.74 Å². The molecule has 2 aliphatic rings. The Balaban J connectivity index is 0.00000274. The molecule has 1 N–H and O–H groups in total. The van der Waals surface area contributed by atoms with Gasteiger partial charge in [-0.05, 0) is 49.1 Å². The molecule has 3 aromatic rings. The number of halogens is 1. The first kappa shape index (κ1) is 24.5. The molecule has 1 fully saturated rings. The number of para-hydroxylation sites is 1. The summed E-state index contributed by atoms with van der Waals surface area (Å²) in [4.78, 5) is 7.45. The van der Waals surface area contributed by atoms with Gasteiger partial charge in [0.25, 0.3) is 0 Å². The van der Waals surface area contributed by atoms with E-state index in [0.29, 0.717) is 13.1 Å². The molecule has 34 heavy (non-hydrogen) atoms. The zero-order valence-electron chi connectivity index (χ0n) is 20.1. The molecule has 1 aliphatic carbocycles. The van der Waals surface area contributed by atoms with E-state index in [1.807, 2.05) is 30.7 Å². The number of hydrogen-bond acceptors (Lipinski definition) is 4. The number of hydrogen-bond donors (Lipinski definition) is 1. The third-order valence-electron chi connectivity index (χ3n) is 7.20. The van der Waals surface area contributed by atoms with Crippen molar-refractivity contribution in [2.75, 3.05) is 18.6 Å². The quantitative estimate of drug-likeness (QED) is 0.272. The Morgan fingerprint density at radius 1 is 1.09 bits per heavy atom. The number of guanidine groups is 1. The minimum atomic E-state index is 0. The van der Waals surface area contributed by atoms with Crippen LogP contribution in [0.2, 0.25) is 0 Å². The van der Waals surface area contributed by atoms with Crippen LogP contribution in [0, 0.1) is 6.92 Å². The summed E-state index contributed by atoms with van der Waals surface area (Å²) in [5.41, 5.74) is 4.12. The number of ether oxygens (including phenoxy) is 1. The van der Waals surface area contributed by atoms with Crippen molar-refractivity contribution in [2.24, 2.45) is 12.0 Å². The molecule has 5 rings (SSSR count). The molecule has 1 aromatic heterocycles. The van der Waals surface area contributed by atoms with Gasteiger partial charge in [-0.1, -0.05) is 43.2 Å². The monoisotopic (exact) mass is 572 g/mol. The van der Waals surface area contributed by atoms with E-state index in [9.17, 15) is 0 Å². The molecule has 1 aliphatic heterocycles. The fourth-order valence-electron chi connectivity index (χ4n) is 5.20. The summed E-state index contributed by atoms with van der Waals surface area (Å²) in [5, 5.41) is 12.1. The van der Waals surface area contributed by atoms with Crippen LogP contribution in [0.15, 0.2) is 53.5 Å². The Morgan fingerprint density at radius 2 is 1.82 bits per heavy atom. The van der Waals surface area contributed by atoms with Crippen LogP contribution in [-0.4, -0.2) is 34.4 Å². The molecule has 7 nitrogen and oxygen atoms in total. The number of methoxy groups -OCH3 is 1. The third-order valence-corrected chi connectivity index (χ3v) is 7.20. The van der Waals surface area contributed by atoms with Gasteiger partial charge in [0, 0.05) is 24.7 Å². The van der Waals surface area contributed by atoms with Gasteiger partial charge >= 0.3 is 0 Å². The van der Waals surface area contributed by atoms with Gasteiger partial charge < -0.3 is 19.5 Å². The van der Waals surface area contributed by atoms with Crippen LogP contribution in [0.25, 0.3) is 0 Å². The molecule has 1 spiro atoms. The maximum atomic E-state index is 5.30. The lowest BCUT2D eigenvalue weighted by Crippen LogP contribution is -2.43. The maximum absolute atomic E-state index is 5.30. The van der Waals surface area contributed by atoms with Crippen molar-refractivity contribution in [3.8, 4) is 5.75 Å². The number of aryl methyl sites for hydroxylation is 1. The summed E-state index contributed by atoms with van der Waals surface area (Å²) in [6.07, 6.45) is 5.09. The Labute approximate surface area is 218 Å². The van der Waals surface area contributed by atoms with Gasteiger partial charge in [0.1, 0.15) is 11.6 Å². The highest BCUT2D eigenvalue weighted by Gasteiger charge is 2.45. The van der Waals surface area contributed by atoms with Crippen LogP contribution in [0.5, 0.6) is 5.75 Å². The largest absolute Gasteiger partial charge is 0.497 e. The van der Waals surface area contributed by atoms with Crippen molar-refractivity contribution in [1.82, 2.24) is 20.1 Å². The Kier molecular flexibility index (Phi) is 7.45. The Bertz CT molecular complexity index is 1150. The molecule has 8 heteroatoms. The van der Waals surface area contributed by atoms with E-state index >= 15 is 0 Å². The summed E-state index contributed by atoms with van der Waals surface area (Å²) in [5.74, 6) is 3.55. The zero-order valence-corrected chi connectivity index (χ0v) is 22.5. The first-order valence-electron chi connectivity index (χ1n) is 11.7. The average Bonchev–Trinajstić information content (AvgIpc) is 3.54. The Hall–Kier alpha value is -2.62. The molecule has 0 radical (unpaired) electrons. The summed E-state index contributed by atoms with van der Waals surface area (Å²) in [6, 6.07) is 17.0. The van der Waals surface area contributed by atoms with Gasteiger partial charge in [-0.3, -0.25) is 0 Å². The highest BCUT2D eigenvalue weighted by atomic mass is 127. The predicted molar refractivity (Wildman–Crippen MR) is 146 cm³/mol. The molecular formula is C26H33IN6O. The van der Waals surface area contributed by atoms with Crippen LogP contribution >= 0.6 is 24.0 Å². The van der Waals surface area contributed by atoms with Gasteiger partial charge in [0.05, 0.1) is 20.2 Å². The van der Waals surface area contributed by atoms with Gasteiger partial charge in [0.2, 0.25) is 0 Å². The number of nitrogens with one attached hydrogen (secondary N) is 1. The lowest BCUT2D eigenvalue weighted by molar-refractivity contribution is 0.414. The van der Waals surface area contributed by atoms with Crippen molar-refractivity contribution >= 4 is 35.6 Å². The number of anilines is 1. The second-order valence-corrected chi connectivity index (χ2v) is 9.15. The SMILES string of the molecule is COc1ccc(CN=C(NCc2nnc(C)n2C)N2CC3(CCCC3)c3ccccc32)cc1.I. The molecule has 0 saturated heterocycles. The highest BCUT2D eigenvalue weighted by Crippen LogP contribution is 2.50. The third kappa shape index (κ3) is 4.64. The molecular weight excluding hydrogens is 539 g/mol. The van der Waals surface area contributed by atoms with Crippen molar-refractivity contribution in [2.45, 2.75) is 51.1 Å². The van der Waals surface area contributed by atoms with Gasteiger partial charge in [0.15, 0.2) is 11.8 Å². The standard InChI is InChI=1S/C26H32N6O.HI/c1-19-29-30-24(31(19)2)17-28-25(27-16-20-10-12-21(33-3)13-11-20)32-18-26(14-6-7-15-26)22-8-4-5-9-23(22)32;/h4-5,8-13H,6-7,14-18H2,1-3H3,(H,27,28);1H. The maximum Gasteiger partial charge on any atom is 0.199 e. The number of rotatable bonds is 5. The van der Waals surface area contributed by atoms with E-state index in [4.69, 9.17) is 9.73 Å². The van der Waals surface area contributed by atoms with Crippen molar-refractivity contribution in [3.05, 3.63) is 71.3 Å². The predicted octanol–water partition coefficient (Wildman–Crippen LogP) is 4.73. The van der Waals surface area contributed by atoms with E-state index < -0.39 is 0 Å². The molecule has 1 saturated carbocycles. The number of fused-ring (bicyclic) bond motifs is 2. The molecule has 2 aromatic carbocycles. The minimum Gasteiger partial charge on any atom is -0.497 e. The summed E-state index contributed by atoms with van der Waals surface area (Å²) in [7, 11) is 3.69. The van der Waals surface area contributed by atoms with E-state index in [2.05, 4.69) is 56.8 Å². The van der Waals surface area contributed by atoms with Crippen LogP contribution in [-0.2, 0) is 25.6 Å². The number of aromatic nitrogens is 3. The lowest BCUT2D eigenvalue weighted by atomic mass is 9.81. The lowest BCUT2D eigenvalue weighted by Gasteiger charge is -2.27. The van der Waals surface area contributed by atoms with E-state index in [1.54, 1.807) is 7.11 Å². The molecule has 0 unspecified atom stereocenters. The zero-order chi connectivity index (χ0) is 22.8. The first-order chi connectivity index (χ1) is 16.1. The normalized spacial score (nSPS) is 16.4. The van der Waals surface area contributed by atoms with Crippen LogP contribution in [0.1, 0.15) is 48.5 Å². The summed E-state index contributed by atoms with van der Waals surface area (Å²) < 4.78 is 7.32. The van der Waals surface area contributed by atoms with Crippen molar-refractivity contribution in [1.29, 1.82) is 0 Å². The molecule has 0 amide bonds. The molecule has 180 valence electrons. The minimum absolute atomic E-state index is 0. The van der Waals surface area contributed by atoms with Gasteiger partial charge in [-0.2, -0.15) is 0 Å². The van der Waals surface area contributed by atoms with E-state index in [1.165, 1.54) is 36.9 Å². The second kappa shape index (κ2) is 10.3. The number of benzene rings is 2. The van der Waals surface area contributed by atoms with Crippen LogP contribution < -0.4 is 15.0 Å². The average molecular weight is 572 g/mol. The Morgan fingerprint density at radius 3 is 2.50 bits per heavy atom. The van der Waals surface area contributed by atoms with Gasteiger partial charge in [-0.15, -0.1) is 34.2 Å². The fourth-order valence-corrected chi connectivity index (χ4v) is 5.20. The smallest absolute Gasteiger partial charge is 0.199 e. The van der Waals surface area contributed by atoms with Crippen molar-refractivity contribution in [3.63, 3.8) is 0 Å². The molecule has 2 heterocycles. The fraction of sp³-hybridized carbons (Fsp3) is 0.423. The molecule has 0 atom stereocenters. The molecule has 0 bridgehead atoms. The van der Waals surface area contributed by atoms with E-state index in [0.717, 1.165) is 35.5 Å². The van der Waals surface area contributed by atoms with Gasteiger partial charge in [-0.25, -0.2) is 4.99 Å². The van der Waals surface area contributed by atoms with Crippen LogP contribution in [0.4, 0.5) is 5.69 Å². The highest BCUT2D eigenvalue weighted by molar-refractivity contribution is 14.0. The topological polar surface area (TPSA) is 67.6 Å². The second-order valence-electron chi connectivity index (χ2n) is 9.15. The summed E-state index contributed by atoms with van der Waals surface area (Å²) >= 11 is 0. The van der Waals surface area contributed by atoms with E-state index in [-0.39, 0.29) is 29.4 Å². The first-order valence-corrected chi connectivity index (χ1v) is 11.7.